The topological polar surface area (TPSA) is 46.4 Å². The number of nitrogens with zero attached hydrogens (tertiary/aromatic N) is 1. The molecule has 0 radical (unpaired) electrons. The molecule has 0 aliphatic carbocycles. The lowest BCUT2D eigenvalue weighted by atomic mass is 10.0. The number of para-hydroxylation sites is 1. The van der Waals surface area contributed by atoms with Crippen molar-refractivity contribution in [1.29, 1.82) is 0 Å². The zero-order valence-corrected chi connectivity index (χ0v) is 19.0. The number of rotatable bonds is 7. The van der Waals surface area contributed by atoms with E-state index in [2.05, 4.69) is 68.7 Å². The first-order valence-corrected chi connectivity index (χ1v) is 11.1. The van der Waals surface area contributed by atoms with Crippen LogP contribution < -0.4 is 10.2 Å². The standard InChI is InChI=1S/C28H29N3O/c1-20-13-14-23(17-21(20)2)27-18-25(24-11-7-8-12-26(24)30-27)28(32)29-15-16-31(3)19-22-9-5-4-6-10-22/h4-14,17-18H,15-16,19H2,1-3H3,(H,29,32)/p+1. The summed E-state index contributed by atoms with van der Waals surface area (Å²) in [5.74, 6) is -0.0544. The maximum Gasteiger partial charge on any atom is 0.252 e. The number of nitrogens with one attached hydrogen (secondary N) is 2. The van der Waals surface area contributed by atoms with Crippen molar-refractivity contribution in [2.24, 2.45) is 0 Å². The molecule has 0 saturated heterocycles. The summed E-state index contributed by atoms with van der Waals surface area (Å²) in [4.78, 5) is 19.3. The summed E-state index contributed by atoms with van der Waals surface area (Å²) in [6.07, 6.45) is 0. The normalized spacial score (nSPS) is 12.0. The van der Waals surface area contributed by atoms with Crippen LogP contribution in [0.5, 0.6) is 0 Å². The number of fused-ring (bicyclic) bond motifs is 1. The first-order valence-electron chi connectivity index (χ1n) is 11.1. The Morgan fingerprint density at radius 1 is 0.906 bits per heavy atom. The number of amides is 1. The molecule has 1 aromatic heterocycles. The molecular weight excluding hydrogens is 394 g/mol. The van der Waals surface area contributed by atoms with E-state index in [0.717, 1.165) is 35.2 Å². The van der Waals surface area contributed by atoms with Gasteiger partial charge < -0.3 is 10.2 Å². The molecule has 0 spiro atoms. The van der Waals surface area contributed by atoms with Gasteiger partial charge in [-0.1, -0.05) is 60.7 Å². The van der Waals surface area contributed by atoms with Crippen molar-refractivity contribution < 1.29 is 9.69 Å². The molecule has 1 atom stereocenters. The number of quaternary nitrogens is 1. The van der Waals surface area contributed by atoms with E-state index in [1.54, 1.807) is 0 Å². The van der Waals surface area contributed by atoms with Crippen LogP contribution in [0, 0.1) is 13.8 Å². The van der Waals surface area contributed by atoms with Gasteiger partial charge in [0, 0.05) is 16.5 Å². The van der Waals surface area contributed by atoms with E-state index in [4.69, 9.17) is 4.98 Å². The zero-order valence-electron chi connectivity index (χ0n) is 19.0. The van der Waals surface area contributed by atoms with E-state index in [1.807, 2.05) is 36.4 Å². The molecule has 1 heterocycles. The Morgan fingerprint density at radius 3 is 2.44 bits per heavy atom. The number of pyridine rings is 1. The average Bonchev–Trinajstić information content (AvgIpc) is 2.80. The first-order chi connectivity index (χ1) is 15.5. The van der Waals surface area contributed by atoms with Crippen LogP contribution in [0.15, 0.2) is 78.9 Å². The van der Waals surface area contributed by atoms with Crippen molar-refractivity contribution >= 4 is 16.8 Å². The third-order valence-electron chi connectivity index (χ3n) is 5.95. The fourth-order valence-corrected chi connectivity index (χ4v) is 3.93. The fourth-order valence-electron chi connectivity index (χ4n) is 3.93. The van der Waals surface area contributed by atoms with Crippen molar-refractivity contribution in [1.82, 2.24) is 10.3 Å². The lowest BCUT2D eigenvalue weighted by Crippen LogP contribution is -3.08. The molecule has 1 amide bonds. The fraction of sp³-hybridized carbons (Fsp3) is 0.214. The van der Waals surface area contributed by atoms with Crippen molar-refractivity contribution in [3.8, 4) is 11.3 Å². The second-order valence-electron chi connectivity index (χ2n) is 8.50. The summed E-state index contributed by atoms with van der Waals surface area (Å²) in [5, 5.41) is 4.00. The summed E-state index contributed by atoms with van der Waals surface area (Å²) in [6.45, 7) is 6.61. The second kappa shape index (κ2) is 9.75. The molecule has 0 fully saturated rings. The van der Waals surface area contributed by atoms with Crippen LogP contribution in [0.1, 0.15) is 27.0 Å². The Balaban J connectivity index is 1.52. The molecule has 0 aliphatic heterocycles. The van der Waals surface area contributed by atoms with Gasteiger partial charge in [-0.05, 0) is 43.2 Å². The van der Waals surface area contributed by atoms with Gasteiger partial charge in [0.15, 0.2) is 0 Å². The molecule has 0 saturated carbocycles. The third kappa shape index (κ3) is 5.04. The van der Waals surface area contributed by atoms with E-state index in [9.17, 15) is 4.79 Å². The highest BCUT2D eigenvalue weighted by atomic mass is 16.1. The van der Waals surface area contributed by atoms with Gasteiger partial charge in [0.1, 0.15) is 6.54 Å². The van der Waals surface area contributed by atoms with Crippen LogP contribution in [-0.4, -0.2) is 31.0 Å². The smallest absolute Gasteiger partial charge is 0.252 e. The highest BCUT2D eigenvalue weighted by Gasteiger charge is 2.15. The minimum Gasteiger partial charge on any atom is -0.346 e. The summed E-state index contributed by atoms with van der Waals surface area (Å²) >= 11 is 0. The number of carbonyl (C=O) groups excluding carboxylic acids is 1. The van der Waals surface area contributed by atoms with E-state index >= 15 is 0 Å². The van der Waals surface area contributed by atoms with Gasteiger partial charge in [-0.3, -0.25) is 4.79 Å². The number of carbonyl (C=O) groups is 1. The van der Waals surface area contributed by atoms with Crippen molar-refractivity contribution in [2.75, 3.05) is 20.1 Å². The van der Waals surface area contributed by atoms with E-state index < -0.39 is 0 Å². The van der Waals surface area contributed by atoms with Crippen molar-refractivity contribution in [2.45, 2.75) is 20.4 Å². The third-order valence-corrected chi connectivity index (χ3v) is 5.95. The molecule has 4 aromatic rings. The van der Waals surface area contributed by atoms with Gasteiger partial charge in [0.25, 0.3) is 5.91 Å². The Hall–Kier alpha value is -3.50. The van der Waals surface area contributed by atoms with Crippen molar-refractivity contribution in [3.05, 3.63) is 101 Å². The van der Waals surface area contributed by atoms with Crippen LogP contribution in [0.2, 0.25) is 0 Å². The largest absolute Gasteiger partial charge is 0.346 e. The lowest BCUT2D eigenvalue weighted by Gasteiger charge is -2.15. The van der Waals surface area contributed by atoms with Crippen LogP contribution in [0.3, 0.4) is 0 Å². The molecule has 4 rings (SSSR count). The number of benzene rings is 3. The van der Waals surface area contributed by atoms with Crippen LogP contribution in [0.25, 0.3) is 22.2 Å². The monoisotopic (exact) mass is 424 g/mol. The number of hydrogen-bond acceptors (Lipinski definition) is 2. The molecule has 1 unspecified atom stereocenters. The molecule has 4 heteroatoms. The maximum absolute atomic E-state index is 13.2. The van der Waals surface area contributed by atoms with E-state index in [1.165, 1.54) is 21.6 Å². The van der Waals surface area contributed by atoms with Gasteiger partial charge in [-0.15, -0.1) is 0 Å². The predicted octanol–water partition coefficient (Wildman–Crippen LogP) is 3.96. The van der Waals surface area contributed by atoms with Crippen LogP contribution in [-0.2, 0) is 6.54 Å². The van der Waals surface area contributed by atoms with Gasteiger partial charge in [0.05, 0.1) is 36.9 Å². The van der Waals surface area contributed by atoms with E-state index in [0.29, 0.717) is 12.1 Å². The first kappa shape index (κ1) is 21.7. The molecule has 32 heavy (non-hydrogen) atoms. The van der Waals surface area contributed by atoms with Gasteiger partial charge in [-0.2, -0.15) is 0 Å². The highest BCUT2D eigenvalue weighted by Crippen LogP contribution is 2.26. The minimum atomic E-state index is -0.0544. The molecule has 4 nitrogen and oxygen atoms in total. The molecule has 0 bridgehead atoms. The second-order valence-corrected chi connectivity index (χ2v) is 8.50. The summed E-state index contributed by atoms with van der Waals surface area (Å²) in [5.41, 5.74) is 7.12. The maximum atomic E-state index is 13.2. The molecule has 162 valence electrons. The Morgan fingerprint density at radius 2 is 1.66 bits per heavy atom. The zero-order chi connectivity index (χ0) is 22.5. The number of likely N-dealkylation sites (N-methyl/N-ethyl adjacent to an activating group) is 1. The minimum absolute atomic E-state index is 0.0544. The average molecular weight is 425 g/mol. The van der Waals surface area contributed by atoms with Crippen LogP contribution in [0.4, 0.5) is 0 Å². The molecule has 2 N–H and O–H groups in total. The van der Waals surface area contributed by atoms with E-state index in [-0.39, 0.29) is 5.91 Å². The summed E-state index contributed by atoms with van der Waals surface area (Å²) < 4.78 is 0. The SMILES string of the molecule is Cc1ccc(-c2cc(C(=O)NCC[NH+](C)Cc3ccccc3)c3ccccc3n2)cc1C. The van der Waals surface area contributed by atoms with Crippen LogP contribution >= 0.6 is 0 Å². The Labute approximate surface area is 189 Å². The van der Waals surface area contributed by atoms with Crippen molar-refractivity contribution in [3.63, 3.8) is 0 Å². The number of aryl methyl sites for hydroxylation is 2. The quantitative estimate of drug-likeness (QED) is 0.472. The molecule has 3 aromatic carbocycles. The predicted molar refractivity (Wildman–Crippen MR) is 131 cm³/mol. The summed E-state index contributed by atoms with van der Waals surface area (Å²) in [6, 6.07) is 26.5. The number of aromatic nitrogens is 1. The Bertz CT molecular complexity index is 1230. The number of hydrogen-bond donors (Lipinski definition) is 2. The Kier molecular flexibility index (Phi) is 6.62. The summed E-state index contributed by atoms with van der Waals surface area (Å²) in [7, 11) is 2.15. The molecule has 0 aliphatic rings. The molecular formula is C28H30N3O+. The highest BCUT2D eigenvalue weighted by molar-refractivity contribution is 6.07. The van der Waals surface area contributed by atoms with Gasteiger partial charge in [0.2, 0.25) is 0 Å². The van der Waals surface area contributed by atoms with Gasteiger partial charge in [-0.25, -0.2) is 4.98 Å². The lowest BCUT2D eigenvalue weighted by molar-refractivity contribution is -0.892. The van der Waals surface area contributed by atoms with Gasteiger partial charge >= 0.3 is 0 Å².